The molecule has 1 aliphatic rings. The zero-order valence-electron chi connectivity index (χ0n) is 13.1. The molecule has 1 saturated heterocycles. The molecule has 1 aromatic rings. The van der Waals surface area contributed by atoms with Gasteiger partial charge in [0.1, 0.15) is 0 Å². The lowest BCUT2D eigenvalue weighted by Gasteiger charge is -2.26. The number of carbonyl (C=O) groups is 1. The van der Waals surface area contributed by atoms with Gasteiger partial charge in [0.15, 0.2) is 0 Å². The van der Waals surface area contributed by atoms with Crippen LogP contribution in [0.3, 0.4) is 0 Å². The third kappa shape index (κ3) is 4.44. The van der Waals surface area contributed by atoms with Gasteiger partial charge in [0.05, 0.1) is 35.3 Å². The Balaban J connectivity index is 2.27. The number of morpholine rings is 1. The summed E-state index contributed by atoms with van der Waals surface area (Å²) >= 11 is 6.01. The number of carbonyl (C=O) groups excluding carboxylic acids is 1. The summed E-state index contributed by atoms with van der Waals surface area (Å²) in [5, 5.41) is 0.166. The Morgan fingerprint density at radius 1 is 1.35 bits per heavy atom. The van der Waals surface area contributed by atoms with Crippen molar-refractivity contribution in [2.24, 2.45) is 5.92 Å². The first-order chi connectivity index (χ1) is 10.8. The molecule has 0 amide bonds. The van der Waals surface area contributed by atoms with Crippen molar-refractivity contribution < 1.29 is 22.7 Å². The summed E-state index contributed by atoms with van der Waals surface area (Å²) in [5.41, 5.74) is 0.0571. The van der Waals surface area contributed by atoms with Crippen molar-refractivity contribution in [1.29, 1.82) is 0 Å². The quantitative estimate of drug-likeness (QED) is 0.751. The summed E-state index contributed by atoms with van der Waals surface area (Å²) in [5.74, 6) is -0.444. The van der Waals surface area contributed by atoms with Crippen LogP contribution in [-0.4, -0.2) is 51.6 Å². The van der Waals surface area contributed by atoms with Gasteiger partial charge in [-0.05, 0) is 24.1 Å². The predicted molar refractivity (Wildman–Crippen MR) is 86.2 cm³/mol. The topological polar surface area (TPSA) is 72.9 Å². The van der Waals surface area contributed by atoms with Crippen LogP contribution in [0.15, 0.2) is 23.1 Å². The Morgan fingerprint density at radius 3 is 2.61 bits per heavy atom. The average Bonchev–Trinajstić information content (AvgIpc) is 2.53. The molecule has 0 spiro atoms. The minimum absolute atomic E-state index is 0.0281. The number of esters is 1. The lowest BCUT2D eigenvalue weighted by Crippen LogP contribution is -2.40. The van der Waals surface area contributed by atoms with Gasteiger partial charge in [0.2, 0.25) is 10.0 Å². The van der Waals surface area contributed by atoms with Crippen LogP contribution in [0, 0.1) is 5.92 Å². The smallest absolute Gasteiger partial charge is 0.339 e. The van der Waals surface area contributed by atoms with E-state index in [2.05, 4.69) is 0 Å². The first-order valence-corrected chi connectivity index (χ1v) is 9.18. The summed E-state index contributed by atoms with van der Waals surface area (Å²) in [7, 11) is -3.68. The molecule has 128 valence electrons. The van der Waals surface area contributed by atoms with E-state index in [1.54, 1.807) is 0 Å². The van der Waals surface area contributed by atoms with Crippen molar-refractivity contribution in [2.75, 3.05) is 32.9 Å². The molecule has 0 aliphatic carbocycles. The molecule has 0 atom stereocenters. The third-order valence-electron chi connectivity index (χ3n) is 3.31. The molecule has 0 bridgehead atoms. The highest BCUT2D eigenvalue weighted by molar-refractivity contribution is 7.89. The highest BCUT2D eigenvalue weighted by Gasteiger charge is 2.27. The maximum atomic E-state index is 12.6. The number of nitrogens with zero attached hydrogens (tertiary/aromatic N) is 1. The van der Waals surface area contributed by atoms with Crippen molar-refractivity contribution in [1.82, 2.24) is 4.31 Å². The van der Waals surface area contributed by atoms with E-state index >= 15 is 0 Å². The molecule has 2 rings (SSSR count). The van der Waals surface area contributed by atoms with Gasteiger partial charge < -0.3 is 9.47 Å². The fourth-order valence-electron chi connectivity index (χ4n) is 2.08. The number of ether oxygens (including phenoxy) is 2. The number of rotatable bonds is 5. The van der Waals surface area contributed by atoms with Crippen LogP contribution in [0.25, 0.3) is 0 Å². The van der Waals surface area contributed by atoms with Gasteiger partial charge in [0, 0.05) is 13.1 Å². The first-order valence-electron chi connectivity index (χ1n) is 7.37. The van der Waals surface area contributed by atoms with Crippen LogP contribution in [-0.2, 0) is 19.5 Å². The van der Waals surface area contributed by atoms with Crippen LogP contribution < -0.4 is 0 Å². The number of sulfonamides is 1. The van der Waals surface area contributed by atoms with Crippen molar-refractivity contribution in [3.63, 3.8) is 0 Å². The highest BCUT2D eigenvalue weighted by Crippen LogP contribution is 2.24. The second-order valence-corrected chi connectivity index (χ2v) is 8.00. The van der Waals surface area contributed by atoms with E-state index in [0.29, 0.717) is 13.2 Å². The van der Waals surface area contributed by atoms with Gasteiger partial charge >= 0.3 is 5.97 Å². The number of halogens is 1. The zero-order valence-corrected chi connectivity index (χ0v) is 14.7. The molecule has 0 N–H and O–H groups in total. The number of hydrogen-bond acceptors (Lipinski definition) is 5. The maximum absolute atomic E-state index is 12.6. The van der Waals surface area contributed by atoms with Crippen molar-refractivity contribution >= 4 is 27.6 Å². The van der Waals surface area contributed by atoms with Crippen LogP contribution in [0.1, 0.15) is 24.2 Å². The Kier molecular flexibility index (Phi) is 6.02. The molecule has 1 aliphatic heterocycles. The maximum Gasteiger partial charge on any atom is 0.339 e. The average molecular weight is 362 g/mol. The van der Waals surface area contributed by atoms with E-state index in [4.69, 9.17) is 21.1 Å². The third-order valence-corrected chi connectivity index (χ3v) is 5.54. The van der Waals surface area contributed by atoms with E-state index in [1.807, 2.05) is 13.8 Å². The minimum atomic E-state index is -3.68. The monoisotopic (exact) mass is 361 g/mol. The van der Waals surface area contributed by atoms with Gasteiger partial charge in [-0.2, -0.15) is 4.31 Å². The second kappa shape index (κ2) is 7.61. The summed E-state index contributed by atoms with van der Waals surface area (Å²) in [6.45, 7) is 5.36. The van der Waals surface area contributed by atoms with Crippen molar-refractivity contribution in [3.8, 4) is 0 Å². The van der Waals surface area contributed by atoms with Gasteiger partial charge in [0.25, 0.3) is 0 Å². The van der Waals surface area contributed by atoms with Crippen LogP contribution in [0.4, 0.5) is 0 Å². The lowest BCUT2D eigenvalue weighted by atomic mass is 10.2. The van der Waals surface area contributed by atoms with Crippen molar-refractivity contribution in [2.45, 2.75) is 18.7 Å². The molecule has 1 aromatic carbocycles. The molecule has 0 saturated carbocycles. The van der Waals surface area contributed by atoms with E-state index in [-0.39, 0.29) is 41.1 Å². The summed E-state index contributed by atoms with van der Waals surface area (Å²) in [4.78, 5) is 12.1. The Morgan fingerprint density at radius 2 is 2.00 bits per heavy atom. The molecular weight excluding hydrogens is 342 g/mol. The van der Waals surface area contributed by atoms with Gasteiger partial charge in [-0.25, -0.2) is 13.2 Å². The zero-order chi connectivity index (χ0) is 17.0. The van der Waals surface area contributed by atoms with Crippen molar-refractivity contribution in [3.05, 3.63) is 28.8 Å². The van der Waals surface area contributed by atoms with E-state index in [0.717, 1.165) is 0 Å². The standard InChI is InChI=1S/C15H20ClNO5S/c1-11(2)10-22-15(18)13-9-12(3-4-14(13)16)23(19,20)17-5-7-21-8-6-17/h3-4,9,11H,5-8,10H2,1-2H3. The largest absolute Gasteiger partial charge is 0.462 e. The molecule has 8 heteroatoms. The molecule has 1 fully saturated rings. The summed E-state index contributed by atoms with van der Waals surface area (Å²) in [6, 6.07) is 4.07. The van der Waals surface area contributed by atoms with E-state index < -0.39 is 16.0 Å². The molecular formula is C15H20ClNO5S. The van der Waals surface area contributed by atoms with Crippen LogP contribution >= 0.6 is 11.6 Å². The fourth-order valence-corrected chi connectivity index (χ4v) is 3.71. The number of benzene rings is 1. The molecule has 0 unspecified atom stereocenters. The van der Waals surface area contributed by atoms with Crippen LogP contribution in [0.2, 0.25) is 5.02 Å². The van der Waals surface area contributed by atoms with E-state index in [1.165, 1.54) is 22.5 Å². The molecule has 23 heavy (non-hydrogen) atoms. The van der Waals surface area contributed by atoms with Crippen LogP contribution in [0.5, 0.6) is 0 Å². The van der Waals surface area contributed by atoms with E-state index in [9.17, 15) is 13.2 Å². The second-order valence-electron chi connectivity index (χ2n) is 5.65. The normalized spacial score (nSPS) is 16.5. The Bertz CT molecular complexity index is 668. The molecule has 0 aromatic heterocycles. The predicted octanol–water partition coefficient (Wildman–Crippen LogP) is 2.17. The molecule has 6 nitrogen and oxygen atoms in total. The SMILES string of the molecule is CC(C)COC(=O)c1cc(S(=O)(=O)N2CCOCC2)ccc1Cl. The molecule has 0 radical (unpaired) electrons. The molecule has 1 heterocycles. The lowest BCUT2D eigenvalue weighted by molar-refractivity contribution is 0.0459. The fraction of sp³-hybridized carbons (Fsp3) is 0.533. The van der Waals surface area contributed by atoms with Gasteiger partial charge in [-0.1, -0.05) is 25.4 Å². The first kappa shape index (κ1) is 18.2. The Hall–Kier alpha value is -1.15. The Labute approximate surface area is 141 Å². The summed E-state index contributed by atoms with van der Waals surface area (Å²) < 4.78 is 36.9. The minimum Gasteiger partial charge on any atom is -0.462 e. The highest BCUT2D eigenvalue weighted by atomic mass is 35.5. The van der Waals surface area contributed by atoms with Gasteiger partial charge in [-0.15, -0.1) is 0 Å². The summed E-state index contributed by atoms with van der Waals surface area (Å²) in [6.07, 6.45) is 0. The number of hydrogen-bond donors (Lipinski definition) is 0. The van der Waals surface area contributed by atoms with Gasteiger partial charge in [-0.3, -0.25) is 0 Å².